The number of furan rings is 1. The van der Waals surface area contributed by atoms with Crippen LogP contribution < -0.4 is 4.74 Å². The maximum atomic E-state index is 13.6. The number of benzene rings is 2. The minimum atomic E-state index is -0.341. The van der Waals surface area contributed by atoms with Crippen molar-refractivity contribution in [1.82, 2.24) is 14.8 Å². The predicted octanol–water partition coefficient (Wildman–Crippen LogP) is 4.13. The Hall–Kier alpha value is -4.04. The summed E-state index contributed by atoms with van der Waals surface area (Å²) in [6, 6.07) is 19.0. The van der Waals surface area contributed by atoms with E-state index in [1.54, 1.807) is 31.3 Å². The Morgan fingerprint density at radius 1 is 0.944 bits per heavy atom. The highest BCUT2D eigenvalue weighted by Crippen LogP contribution is 2.20. The molecule has 8 heteroatoms. The van der Waals surface area contributed by atoms with E-state index < -0.39 is 0 Å². The first-order valence-electron chi connectivity index (χ1n) is 11.9. The zero-order chi connectivity index (χ0) is 25.3. The number of nitrogens with zero attached hydrogens (tertiary/aromatic N) is 2. The van der Waals surface area contributed by atoms with Gasteiger partial charge in [0.1, 0.15) is 12.3 Å². The van der Waals surface area contributed by atoms with Gasteiger partial charge < -0.3 is 28.7 Å². The molecule has 8 nitrogen and oxygen atoms in total. The van der Waals surface area contributed by atoms with Crippen molar-refractivity contribution in [2.24, 2.45) is 0 Å². The first-order valence-corrected chi connectivity index (χ1v) is 11.9. The van der Waals surface area contributed by atoms with Gasteiger partial charge in [0, 0.05) is 43.8 Å². The van der Waals surface area contributed by atoms with E-state index >= 15 is 0 Å². The van der Waals surface area contributed by atoms with Crippen molar-refractivity contribution >= 4 is 22.7 Å². The first kappa shape index (κ1) is 25.1. The molecule has 188 valence electrons. The van der Waals surface area contributed by atoms with E-state index in [0.717, 1.165) is 27.8 Å². The summed E-state index contributed by atoms with van der Waals surface area (Å²) in [6.45, 7) is 1.43. The fourth-order valence-electron chi connectivity index (χ4n) is 4.11. The second-order valence-corrected chi connectivity index (χ2v) is 8.47. The second-order valence-electron chi connectivity index (χ2n) is 8.47. The quantitative estimate of drug-likeness (QED) is 0.323. The van der Waals surface area contributed by atoms with Crippen molar-refractivity contribution in [2.75, 3.05) is 40.5 Å². The fraction of sp³-hybridized carbons (Fsp3) is 0.286. The number of amides is 2. The number of ether oxygens (including phenoxy) is 2. The topological polar surface area (TPSA) is 88.0 Å². The molecule has 4 aromatic rings. The molecule has 0 saturated heterocycles. The molecule has 2 aromatic heterocycles. The van der Waals surface area contributed by atoms with E-state index in [0.29, 0.717) is 26.1 Å². The van der Waals surface area contributed by atoms with Crippen molar-refractivity contribution in [3.05, 3.63) is 90.0 Å². The van der Waals surface area contributed by atoms with Gasteiger partial charge in [0.05, 0.1) is 20.0 Å². The number of carbonyl (C=O) groups is 2. The minimum Gasteiger partial charge on any atom is -0.497 e. The number of aromatic nitrogens is 1. The summed E-state index contributed by atoms with van der Waals surface area (Å²) >= 11 is 0. The van der Waals surface area contributed by atoms with Crippen LogP contribution >= 0.6 is 0 Å². The Kier molecular flexibility index (Phi) is 8.41. The Labute approximate surface area is 210 Å². The summed E-state index contributed by atoms with van der Waals surface area (Å²) in [5.41, 5.74) is 3.18. The van der Waals surface area contributed by atoms with Gasteiger partial charge in [-0.15, -0.1) is 0 Å². The third-order valence-electron chi connectivity index (χ3n) is 6.12. The fourth-order valence-corrected chi connectivity index (χ4v) is 4.11. The van der Waals surface area contributed by atoms with E-state index in [-0.39, 0.29) is 30.7 Å². The molecule has 0 unspecified atom stereocenters. The van der Waals surface area contributed by atoms with Crippen LogP contribution in [0.3, 0.4) is 0 Å². The average molecular weight is 490 g/mol. The Morgan fingerprint density at radius 3 is 2.47 bits per heavy atom. The smallest absolute Gasteiger partial charge is 0.290 e. The molecule has 0 fully saturated rings. The monoisotopic (exact) mass is 489 g/mol. The van der Waals surface area contributed by atoms with Crippen LogP contribution in [0, 0.1) is 0 Å². The van der Waals surface area contributed by atoms with Gasteiger partial charge in [-0.05, 0) is 47.9 Å². The Bertz CT molecular complexity index is 1260. The number of hydrogen-bond acceptors (Lipinski definition) is 5. The summed E-state index contributed by atoms with van der Waals surface area (Å²) < 4.78 is 15.7. The third kappa shape index (κ3) is 6.14. The number of rotatable bonds is 12. The lowest BCUT2D eigenvalue weighted by Crippen LogP contribution is -2.44. The molecule has 0 aliphatic carbocycles. The molecule has 0 radical (unpaired) electrons. The van der Waals surface area contributed by atoms with Crippen LogP contribution in [0.2, 0.25) is 0 Å². The first-order chi connectivity index (χ1) is 17.6. The maximum Gasteiger partial charge on any atom is 0.290 e. The van der Waals surface area contributed by atoms with Crippen molar-refractivity contribution in [3.8, 4) is 5.75 Å². The highest BCUT2D eigenvalue weighted by atomic mass is 16.5. The van der Waals surface area contributed by atoms with Gasteiger partial charge in [-0.2, -0.15) is 0 Å². The predicted molar refractivity (Wildman–Crippen MR) is 137 cm³/mol. The summed E-state index contributed by atoms with van der Waals surface area (Å²) in [4.78, 5) is 33.1. The van der Waals surface area contributed by atoms with Crippen LogP contribution in [0.1, 0.15) is 21.7 Å². The summed E-state index contributed by atoms with van der Waals surface area (Å²) in [7, 11) is 3.19. The van der Waals surface area contributed by atoms with Crippen molar-refractivity contribution in [1.29, 1.82) is 0 Å². The van der Waals surface area contributed by atoms with E-state index in [4.69, 9.17) is 13.9 Å². The van der Waals surface area contributed by atoms with Gasteiger partial charge >= 0.3 is 0 Å². The second kappa shape index (κ2) is 12.1. The van der Waals surface area contributed by atoms with Crippen LogP contribution in [0.4, 0.5) is 0 Å². The zero-order valence-electron chi connectivity index (χ0n) is 20.6. The van der Waals surface area contributed by atoms with E-state index in [2.05, 4.69) is 11.1 Å². The van der Waals surface area contributed by atoms with Crippen molar-refractivity contribution in [3.63, 3.8) is 0 Å². The number of aromatic amines is 1. The standard InChI is InChI=1S/C28H31N3O5/c1-34-17-15-31(28(33)26-8-5-16-36-26)20-27(32)30(19-21-9-11-23(35-2)12-10-21)14-13-22-18-29-25-7-4-3-6-24(22)25/h3-12,16,18,29H,13-15,17,19-20H2,1-2H3. The molecule has 2 amide bonds. The molecule has 2 aromatic carbocycles. The van der Waals surface area contributed by atoms with Gasteiger partial charge in [-0.25, -0.2) is 0 Å². The molecule has 0 aliphatic rings. The maximum absolute atomic E-state index is 13.6. The average Bonchev–Trinajstić information content (AvgIpc) is 3.59. The number of hydrogen-bond donors (Lipinski definition) is 1. The van der Waals surface area contributed by atoms with Crippen LogP contribution in [0.15, 0.2) is 77.5 Å². The Balaban J connectivity index is 1.53. The van der Waals surface area contributed by atoms with Gasteiger partial charge in [0.15, 0.2) is 5.76 Å². The number of methoxy groups -OCH3 is 2. The van der Waals surface area contributed by atoms with Gasteiger partial charge in [-0.1, -0.05) is 30.3 Å². The minimum absolute atomic E-state index is 0.0765. The van der Waals surface area contributed by atoms with E-state index in [1.807, 2.05) is 48.7 Å². The van der Waals surface area contributed by atoms with Gasteiger partial charge in [0.25, 0.3) is 5.91 Å². The van der Waals surface area contributed by atoms with Crippen molar-refractivity contribution in [2.45, 2.75) is 13.0 Å². The highest BCUT2D eigenvalue weighted by molar-refractivity contribution is 5.94. The lowest BCUT2D eigenvalue weighted by atomic mass is 10.1. The molecule has 0 aliphatic heterocycles. The highest BCUT2D eigenvalue weighted by Gasteiger charge is 2.24. The molecular formula is C28H31N3O5. The lowest BCUT2D eigenvalue weighted by Gasteiger charge is -2.27. The summed E-state index contributed by atoms with van der Waals surface area (Å²) in [6.07, 6.45) is 4.11. The number of para-hydroxylation sites is 1. The molecule has 2 heterocycles. The molecule has 4 rings (SSSR count). The van der Waals surface area contributed by atoms with Crippen LogP contribution in [0.5, 0.6) is 5.75 Å². The van der Waals surface area contributed by atoms with Crippen LogP contribution in [-0.4, -0.2) is 67.1 Å². The summed E-state index contributed by atoms with van der Waals surface area (Å²) in [5, 5.41) is 1.14. The number of nitrogens with one attached hydrogen (secondary N) is 1. The van der Waals surface area contributed by atoms with E-state index in [9.17, 15) is 9.59 Å². The molecule has 0 spiro atoms. The summed E-state index contributed by atoms with van der Waals surface area (Å²) in [5.74, 6) is 0.456. The van der Waals surface area contributed by atoms with Crippen molar-refractivity contribution < 1.29 is 23.5 Å². The van der Waals surface area contributed by atoms with Crippen LogP contribution in [0.25, 0.3) is 10.9 Å². The molecule has 1 N–H and O–H groups in total. The zero-order valence-corrected chi connectivity index (χ0v) is 20.6. The Morgan fingerprint density at radius 2 is 1.75 bits per heavy atom. The normalized spacial score (nSPS) is 10.9. The molecule has 0 saturated carbocycles. The SMILES string of the molecule is COCCN(CC(=O)N(CCc1c[nH]c2ccccc12)Cc1ccc(OC)cc1)C(=O)c1ccco1. The molecule has 36 heavy (non-hydrogen) atoms. The van der Waals surface area contributed by atoms with E-state index in [1.165, 1.54) is 11.2 Å². The molecule has 0 bridgehead atoms. The molecule has 0 atom stereocenters. The van der Waals surface area contributed by atoms with Gasteiger partial charge in [0.2, 0.25) is 5.91 Å². The number of H-pyrrole nitrogens is 1. The third-order valence-corrected chi connectivity index (χ3v) is 6.12. The molecular weight excluding hydrogens is 458 g/mol. The number of fused-ring (bicyclic) bond motifs is 1. The van der Waals surface area contributed by atoms with Gasteiger partial charge in [-0.3, -0.25) is 9.59 Å². The number of carbonyl (C=O) groups excluding carboxylic acids is 2. The largest absolute Gasteiger partial charge is 0.497 e. The van der Waals surface area contributed by atoms with Crippen LogP contribution in [-0.2, 0) is 22.5 Å². The lowest BCUT2D eigenvalue weighted by molar-refractivity contribution is -0.132.